The molecule has 1 aromatic carbocycles. The minimum Gasteiger partial charge on any atom is -0.436 e. The Labute approximate surface area is 164 Å². The van der Waals surface area contributed by atoms with Gasteiger partial charge in [-0.15, -0.1) is 0 Å². The Bertz CT molecular complexity index is 1110. The summed E-state index contributed by atoms with van der Waals surface area (Å²) in [6, 6.07) is 8.36. The standard InChI is InChI=1S/C24H30N2O/c1-16-8-10-18-19-11-9-17(2)25-22(19)27-21(18)20(16)26-15-24(14-23(26,3)4)12-6-5-7-13-24/h8-11H,5-7,12-15H2,1-4H3/i14D2. The molecule has 2 aliphatic rings. The van der Waals surface area contributed by atoms with Gasteiger partial charge in [0.25, 0.3) is 0 Å². The molecule has 3 aromatic rings. The summed E-state index contributed by atoms with van der Waals surface area (Å²) in [5.74, 6) is 0. The highest BCUT2D eigenvalue weighted by atomic mass is 16.3. The second-order valence-corrected chi connectivity index (χ2v) is 9.13. The molecule has 0 amide bonds. The second kappa shape index (κ2) is 5.73. The monoisotopic (exact) mass is 364 g/mol. The summed E-state index contributed by atoms with van der Waals surface area (Å²) in [7, 11) is 0. The largest absolute Gasteiger partial charge is 0.436 e. The fourth-order valence-electron chi connectivity index (χ4n) is 5.36. The molecular weight excluding hydrogens is 332 g/mol. The summed E-state index contributed by atoms with van der Waals surface area (Å²) >= 11 is 0. The van der Waals surface area contributed by atoms with E-state index in [4.69, 9.17) is 4.42 Å². The maximum atomic E-state index is 9.21. The molecule has 3 heteroatoms. The molecule has 2 fully saturated rings. The van der Waals surface area contributed by atoms with Gasteiger partial charge >= 0.3 is 0 Å². The number of fused-ring (bicyclic) bond motifs is 3. The van der Waals surface area contributed by atoms with E-state index in [9.17, 15) is 2.74 Å². The third kappa shape index (κ3) is 2.58. The van der Waals surface area contributed by atoms with Crippen LogP contribution in [0.5, 0.6) is 0 Å². The van der Waals surface area contributed by atoms with Gasteiger partial charge in [-0.1, -0.05) is 31.4 Å². The number of aryl methyl sites for hydroxylation is 2. The Kier molecular flexibility index (Phi) is 3.18. The first-order chi connectivity index (χ1) is 13.7. The van der Waals surface area contributed by atoms with E-state index >= 15 is 0 Å². The Morgan fingerprint density at radius 2 is 1.78 bits per heavy atom. The molecule has 0 radical (unpaired) electrons. The van der Waals surface area contributed by atoms with Crippen molar-refractivity contribution in [3.8, 4) is 0 Å². The molecule has 142 valence electrons. The molecule has 0 unspecified atom stereocenters. The molecule has 3 heterocycles. The van der Waals surface area contributed by atoms with Crippen molar-refractivity contribution in [2.75, 3.05) is 11.4 Å². The zero-order valence-electron chi connectivity index (χ0n) is 18.9. The van der Waals surface area contributed by atoms with Crippen LogP contribution in [0.15, 0.2) is 28.7 Å². The van der Waals surface area contributed by atoms with Gasteiger partial charge in [0.15, 0.2) is 5.58 Å². The molecule has 0 N–H and O–H groups in total. The molecule has 1 aliphatic carbocycles. The van der Waals surface area contributed by atoms with Gasteiger partial charge in [0.05, 0.1) is 5.69 Å². The molecule has 2 aromatic heterocycles. The van der Waals surface area contributed by atoms with Crippen LogP contribution < -0.4 is 4.90 Å². The van der Waals surface area contributed by atoms with Gasteiger partial charge in [-0.2, -0.15) is 0 Å². The first-order valence-electron chi connectivity index (χ1n) is 11.3. The lowest BCUT2D eigenvalue weighted by atomic mass is 9.71. The number of hydrogen-bond donors (Lipinski definition) is 0. The van der Waals surface area contributed by atoms with Crippen LogP contribution in [0.2, 0.25) is 0 Å². The molecule has 1 saturated heterocycles. The number of rotatable bonds is 1. The molecule has 1 spiro atoms. The molecule has 5 rings (SSSR count). The van der Waals surface area contributed by atoms with Crippen LogP contribution in [-0.4, -0.2) is 17.1 Å². The lowest BCUT2D eigenvalue weighted by Gasteiger charge is -2.34. The fourth-order valence-corrected chi connectivity index (χ4v) is 5.36. The second-order valence-electron chi connectivity index (χ2n) is 9.13. The SMILES string of the molecule is [2H]C1([2H])C2(CCCCC2)CN(c2c(C)ccc3c2oc2nc(C)ccc23)C1(C)C. The van der Waals surface area contributed by atoms with Gasteiger partial charge in [-0.3, -0.25) is 0 Å². The minimum atomic E-state index is -1.27. The summed E-state index contributed by atoms with van der Waals surface area (Å²) in [5, 5.41) is 2.09. The lowest BCUT2D eigenvalue weighted by molar-refractivity contribution is 0.204. The molecule has 27 heavy (non-hydrogen) atoms. The number of pyridine rings is 1. The van der Waals surface area contributed by atoms with Crippen molar-refractivity contribution < 1.29 is 7.16 Å². The Hall–Kier alpha value is -2.03. The maximum Gasteiger partial charge on any atom is 0.227 e. The molecular formula is C24H30N2O. The van der Waals surface area contributed by atoms with Gasteiger partial charge in [0, 0.05) is 31.3 Å². The number of nitrogens with zero attached hydrogens (tertiary/aromatic N) is 2. The van der Waals surface area contributed by atoms with Gasteiger partial charge in [0.2, 0.25) is 5.71 Å². The van der Waals surface area contributed by atoms with Crippen molar-refractivity contribution in [2.45, 2.75) is 71.7 Å². The Balaban J connectivity index is 1.74. The van der Waals surface area contributed by atoms with Crippen LogP contribution in [0.3, 0.4) is 0 Å². The average Bonchev–Trinajstić information content (AvgIpc) is 3.09. The topological polar surface area (TPSA) is 29.3 Å². The highest BCUT2D eigenvalue weighted by molar-refractivity contribution is 6.08. The molecule has 1 saturated carbocycles. The van der Waals surface area contributed by atoms with Crippen LogP contribution in [0.1, 0.15) is 66.3 Å². The van der Waals surface area contributed by atoms with Gasteiger partial charge < -0.3 is 9.32 Å². The normalized spacial score (nSPS) is 24.5. The van der Waals surface area contributed by atoms with E-state index in [2.05, 4.69) is 48.9 Å². The van der Waals surface area contributed by atoms with Gasteiger partial charge in [0.1, 0.15) is 0 Å². The van der Waals surface area contributed by atoms with Crippen molar-refractivity contribution >= 4 is 27.8 Å². The van der Waals surface area contributed by atoms with E-state index in [-0.39, 0.29) is 5.41 Å². The van der Waals surface area contributed by atoms with E-state index in [1.54, 1.807) is 0 Å². The summed E-state index contributed by atoms with van der Waals surface area (Å²) in [6.45, 7) is 8.97. The summed E-state index contributed by atoms with van der Waals surface area (Å²) in [5.41, 5.74) is 3.71. The quantitative estimate of drug-likeness (QED) is 0.491. The molecule has 3 nitrogen and oxygen atoms in total. The Morgan fingerprint density at radius 3 is 2.56 bits per heavy atom. The van der Waals surface area contributed by atoms with Crippen LogP contribution in [-0.2, 0) is 0 Å². The average molecular weight is 365 g/mol. The molecule has 0 atom stereocenters. The zero-order chi connectivity index (χ0) is 20.6. The summed E-state index contributed by atoms with van der Waals surface area (Å²) in [4.78, 5) is 6.91. The zero-order valence-corrected chi connectivity index (χ0v) is 16.9. The van der Waals surface area contributed by atoms with Crippen LogP contribution in [0.4, 0.5) is 5.69 Å². The third-order valence-corrected chi connectivity index (χ3v) is 6.61. The maximum absolute atomic E-state index is 9.21. The van der Waals surface area contributed by atoms with Gasteiger partial charge in [-0.05, 0) is 70.0 Å². The van der Waals surface area contributed by atoms with E-state index < -0.39 is 11.9 Å². The highest BCUT2D eigenvalue weighted by Crippen LogP contribution is 2.53. The first-order valence-corrected chi connectivity index (χ1v) is 10.3. The van der Waals surface area contributed by atoms with Crippen molar-refractivity contribution in [3.63, 3.8) is 0 Å². The van der Waals surface area contributed by atoms with Crippen LogP contribution in [0, 0.1) is 19.3 Å². The number of anilines is 1. The van der Waals surface area contributed by atoms with E-state index in [1.165, 1.54) is 6.42 Å². The molecule has 1 aliphatic heterocycles. The van der Waals surface area contributed by atoms with Crippen molar-refractivity contribution in [1.82, 2.24) is 4.98 Å². The smallest absolute Gasteiger partial charge is 0.227 e. The number of aromatic nitrogens is 1. The number of furan rings is 1. The third-order valence-electron chi connectivity index (χ3n) is 6.61. The van der Waals surface area contributed by atoms with E-state index in [1.807, 2.05) is 13.0 Å². The predicted octanol–water partition coefficient (Wildman–Crippen LogP) is 6.54. The fraction of sp³-hybridized carbons (Fsp3) is 0.542. The van der Waals surface area contributed by atoms with E-state index in [0.717, 1.165) is 65.5 Å². The van der Waals surface area contributed by atoms with Gasteiger partial charge in [-0.25, -0.2) is 4.98 Å². The minimum absolute atomic E-state index is 0.287. The number of benzene rings is 1. The number of hydrogen-bond acceptors (Lipinski definition) is 3. The molecule has 0 bridgehead atoms. The highest BCUT2D eigenvalue weighted by Gasteiger charge is 2.49. The van der Waals surface area contributed by atoms with E-state index in [0.29, 0.717) is 5.71 Å². The van der Waals surface area contributed by atoms with Crippen LogP contribution >= 0.6 is 0 Å². The van der Waals surface area contributed by atoms with Crippen LogP contribution in [0.25, 0.3) is 22.1 Å². The van der Waals surface area contributed by atoms with Crippen molar-refractivity contribution in [3.05, 3.63) is 35.5 Å². The summed E-state index contributed by atoms with van der Waals surface area (Å²) < 4.78 is 24.7. The van der Waals surface area contributed by atoms with Crippen molar-refractivity contribution in [1.29, 1.82) is 0 Å². The predicted molar refractivity (Wildman–Crippen MR) is 113 cm³/mol. The Morgan fingerprint density at radius 1 is 1.04 bits per heavy atom. The summed E-state index contributed by atoms with van der Waals surface area (Å²) in [6.07, 6.45) is 4.14. The first kappa shape index (κ1) is 15.0. The van der Waals surface area contributed by atoms with Crippen molar-refractivity contribution in [2.24, 2.45) is 5.41 Å². The lowest BCUT2D eigenvalue weighted by Crippen LogP contribution is -2.38.